The summed E-state index contributed by atoms with van der Waals surface area (Å²) >= 11 is 0. The number of benzene rings is 1. The molecule has 2 aromatic rings. The topological polar surface area (TPSA) is 53.1 Å². The molecule has 4 nitrogen and oxygen atoms in total. The van der Waals surface area contributed by atoms with Crippen LogP contribution < -0.4 is 10.5 Å². The van der Waals surface area contributed by atoms with Crippen molar-refractivity contribution in [1.29, 1.82) is 0 Å². The van der Waals surface area contributed by atoms with Gasteiger partial charge in [0.15, 0.2) is 0 Å². The average molecular weight is 259 g/mol. The molecule has 0 radical (unpaired) electrons. The molecule has 0 amide bonds. The lowest BCUT2D eigenvalue weighted by molar-refractivity contribution is 0.408. The summed E-state index contributed by atoms with van der Waals surface area (Å²) in [7, 11) is 1.70. The summed E-state index contributed by atoms with van der Waals surface area (Å²) in [6.07, 6.45) is 3.73. The molecule has 0 aliphatic carbocycles. The fraction of sp³-hybridized carbons (Fsp3) is 0.400. The van der Waals surface area contributed by atoms with E-state index in [9.17, 15) is 0 Å². The van der Waals surface area contributed by atoms with Crippen LogP contribution in [0.3, 0.4) is 0 Å². The lowest BCUT2D eigenvalue weighted by Crippen LogP contribution is -2.09. The van der Waals surface area contributed by atoms with Crippen LogP contribution in [0.5, 0.6) is 5.75 Å². The molecule has 0 saturated carbocycles. The summed E-state index contributed by atoms with van der Waals surface area (Å²) in [6, 6.07) is 6.35. The predicted molar refractivity (Wildman–Crippen MR) is 76.3 cm³/mol. The summed E-state index contributed by atoms with van der Waals surface area (Å²) in [5.41, 5.74) is 8.15. The molecule has 1 aromatic heterocycles. The van der Waals surface area contributed by atoms with E-state index in [1.807, 2.05) is 12.3 Å². The second-order valence-electron chi connectivity index (χ2n) is 4.90. The zero-order valence-electron chi connectivity index (χ0n) is 11.8. The highest BCUT2D eigenvalue weighted by Crippen LogP contribution is 2.25. The van der Waals surface area contributed by atoms with Crippen LogP contribution in [-0.2, 0) is 13.1 Å². The van der Waals surface area contributed by atoms with E-state index in [2.05, 4.69) is 35.5 Å². The fourth-order valence-corrected chi connectivity index (χ4v) is 2.14. The van der Waals surface area contributed by atoms with Gasteiger partial charge >= 0.3 is 0 Å². The number of ether oxygens (including phenoxy) is 1. The standard InChI is InChI=1S/C15H21N3O/c1-11(2)12-4-5-14(19-3)13(8-12)10-18-7-6-17-15(18)9-16/h4-8,11H,9-10,16H2,1-3H3. The Morgan fingerprint density at radius 2 is 2.16 bits per heavy atom. The van der Waals surface area contributed by atoms with Crippen molar-refractivity contribution < 1.29 is 4.74 Å². The lowest BCUT2D eigenvalue weighted by atomic mass is 10.00. The summed E-state index contributed by atoms with van der Waals surface area (Å²) in [5, 5.41) is 0. The van der Waals surface area contributed by atoms with Gasteiger partial charge in [-0.05, 0) is 17.5 Å². The van der Waals surface area contributed by atoms with E-state index < -0.39 is 0 Å². The SMILES string of the molecule is COc1ccc(C(C)C)cc1Cn1ccnc1CN. The third-order valence-electron chi connectivity index (χ3n) is 3.30. The monoisotopic (exact) mass is 259 g/mol. The number of imidazole rings is 1. The largest absolute Gasteiger partial charge is 0.496 e. The number of hydrogen-bond acceptors (Lipinski definition) is 3. The Kier molecular flexibility index (Phi) is 4.22. The van der Waals surface area contributed by atoms with Crippen molar-refractivity contribution in [3.8, 4) is 5.75 Å². The van der Waals surface area contributed by atoms with E-state index in [-0.39, 0.29) is 0 Å². The number of rotatable bonds is 5. The Bertz CT molecular complexity index is 546. The average Bonchev–Trinajstić information content (AvgIpc) is 2.85. The fourth-order valence-electron chi connectivity index (χ4n) is 2.14. The molecule has 0 saturated heterocycles. The molecule has 19 heavy (non-hydrogen) atoms. The van der Waals surface area contributed by atoms with Crippen LogP contribution in [0.25, 0.3) is 0 Å². The number of nitrogens with two attached hydrogens (primary N) is 1. The minimum absolute atomic E-state index is 0.444. The number of aromatic nitrogens is 2. The Morgan fingerprint density at radius 3 is 2.79 bits per heavy atom. The van der Waals surface area contributed by atoms with Crippen LogP contribution in [0.2, 0.25) is 0 Å². The van der Waals surface area contributed by atoms with Gasteiger partial charge in [-0.15, -0.1) is 0 Å². The van der Waals surface area contributed by atoms with E-state index in [1.165, 1.54) is 5.56 Å². The molecule has 1 aromatic carbocycles. The highest BCUT2D eigenvalue weighted by molar-refractivity contribution is 5.38. The molecule has 102 valence electrons. The van der Waals surface area contributed by atoms with E-state index >= 15 is 0 Å². The smallest absolute Gasteiger partial charge is 0.123 e. The first-order valence-corrected chi connectivity index (χ1v) is 6.52. The summed E-state index contributed by atoms with van der Waals surface area (Å²) < 4.78 is 7.49. The Hall–Kier alpha value is -1.81. The maximum atomic E-state index is 5.68. The van der Waals surface area contributed by atoms with Gasteiger partial charge in [0, 0.05) is 18.0 Å². The summed E-state index contributed by atoms with van der Waals surface area (Å²) in [4.78, 5) is 4.24. The lowest BCUT2D eigenvalue weighted by Gasteiger charge is -2.14. The van der Waals surface area contributed by atoms with Gasteiger partial charge < -0.3 is 15.0 Å². The molecule has 0 spiro atoms. The van der Waals surface area contributed by atoms with E-state index in [0.29, 0.717) is 12.5 Å². The van der Waals surface area contributed by atoms with Crippen LogP contribution in [0.4, 0.5) is 0 Å². The highest BCUT2D eigenvalue weighted by Gasteiger charge is 2.09. The van der Waals surface area contributed by atoms with Gasteiger partial charge in [-0.3, -0.25) is 0 Å². The highest BCUT2D eigenvalue weighted by atomic mass is 16.5. The van der Waals surface area contributed by atoms with E-state index in [4.69, 9.17) is 10.5 Å². The van der Waals surface area contributed by atoms with Crippen molar-refractivity contribution in [3.05, 3.63) is 47.5 Å². The third-order valence-corrected chi connectivity index (χ3v) is 3.30. The molecule has 1 heterocycles. The predicted octanol–water partition coefficient (Wildman–Crippen LogP) is 2.52. The Morgan fingerprint density at radius 1 is 1.37 bits per heavy atom. The van der Waals surface area contributed by atoms with E-state index in [1.54, 1.807) is 13.3 Å². The van der Waals surface area contributed by atoms with Gasteiger partial charge in [-0.25, -0.2) is 4.98 Å². The van der Waals surface area contributed by atoms with Gasteiger partial charge in [0.2, 0.25) is 0 Å². The normalized spacial score (nSPS) is 11.0. The van der Waals surface area contributed by atoms with Crippen LogP contribution in [-0.4, -0.2) is 16.7 Å². The van der Waals surface area contributed by atoms with Crippen LogP contribution in [0, 0.1) is 0 Å². The van der Waals surface area contributed by atoms with Gasteiger partial charge in [0.05, 0.1) is 20.2 Å². The van der Waals surface area contributed by atoms with Gasteiger partial charge in [-0.1, -0.05) is 26.0 Å². The maximum absolute atomic E-state index is 5.68. The molecule has 4 heteroatoms. The Labute approximate surface area is 114 Å². The van der Waals surface area contributed by atoms with E-state index in [0.717, 1.165) is 23.7 Å². The molecular weight excluding hydrogens is 238 g/mol. The number of hydrogen-bond donors (Lipinski definition) is 1. The van der Waals surface area contributed by atoms with Crippen molar-refractivity contribution in [1.82, 2.24) is 9.55 Å². The molecule has 0 fully saturated rings. The maximum Gasteiger partial charge on any atom is 0.123 e. The molecule has 0 unspecified atom stereocenters. The van der Waals surface area contributed by atoms with Crippen LogP contribution >= 0.6 is 0 Å². The molecule has 0 atom stereocenters. The minimum Gasteiger partial charge on any atom is -0.496 e. The van der Waals surface area contributed by atoms with Crippen LogP contribution in [0.1, 0.15) is 36.7 Å². The molecule has 0 aliphatic rings. The summed E-state index contributed by atoms with van der Waals surface area (Å²) in [5.74, 6) is 2.29. The molecule has 2 rings (SSSR count). The zero-order valence-corrected chi connectivity index (χ0v) is 11.8. The third kappa shape index (κ3) is 2.96. The quantitative estimate of drug-likeness (QED) is 0.897. The Balaban J connectivity index is 2.34. The van der Waals surface area contributed by atoms with Crippen molar-refractivity contribution in [2.24, 2.45) is 5.73 Å². The summed E-state index contributed by atoms with van der Waals surface area (Å²) in [6.45, 7) is 5.55. The van der Waals surface area contributed by atoms with Crippen molar-refractivity contribution in [2.75, 3.05) is 7.11 Å². The van der Waals surface area contributed by atoms with Crippen molar-refractivity contribution in [3.63, 3.8) is 0 Å². The second kappa shape index (κ2) is 5.89. The molecular formula is C15H21N3O. The van der Waals surface area contributed by atoms with Gasteiger partial charge in [-0.2, -0.15) is 0 Å². The minimum atomic E-state index is 0.444. The number of nitrogens with zero attached hydrogens (tertiary/aromatic N) is 2. The van der Waals surface area contributed by atoms with Gasteiger partial charge in [0.1, 0.15) is 11.6 Å². The molecule has 2 N–H and O–H groups in total. The van der Waals surface area contributed by atoms with Crippen molar-refractivity contribution in [2.45, 2.75) is 32.9 Å². The zero-order chi connectivity index (χ0) is 13.8. The van der Waals surface area contributed by atoms with Crippen LogP contribution in [0.15, 0.2) is 30.6 Å². The first-order chi connectivity index (χ1) is 9.15. The van der Waals surface area contributed by atoms with Crippen molar-refractivity contribution >= 4 is 0 Å². The van der Waals surface area contributed by atoms with Gasteiger partial charge in [0.25, 0.3) is 0 Å². The second-order valence-corrected chi connectivity index (χ2v) is 4.90. The first kappa shape index (κ1) is 13.6. The first-order valence-electron chi connectivity index (χ1n) is 6.52. The molecule has 0 bridgehead atoms. The molecule has 0 aliphatic heterocycles. The number of methoxy groups -OCH3 is 1.